The van der Waals surface area contributed by atoms with Crippen LogP contribution in [-0.4, -0.2) is 37.1 Å². The van der Waals surface area contributed by atoms with Crippen LogP contribution in [0.2, 0.25) is 0 Å². The third-order valence-electron chi connectivity index (χ3n) is 4.17. The van der Waals surface area contributed by atoms with Gasteiger partial charge >= 0.3 is 5.97 Å². The molecule has 0 aromatic carbocycles. The second-order valence-electron chi connectivity index (χ2n) is 4.69. The van der Waals surface area contributed by atoms with Crippen molar-refractivity contribution in [2.24, 2.45) is 11.8 Å². The monoisotopic (exact) mass is 233 g/mol. The number of carbonyl (C=O) groups is 1. The van der Waals surface area contributed by atoms with Gasteiger partial charge in [0.15, 0.2) is 0 Å². The Morgan fingerprint density at radius 1 is 1.40 bits per heavy atom. The molecule has 4 heteroatoms. The first-order valence-corrected chi connectivity index (χ1v) is 5.45. The zero-order valence-corrected chi connectivity index (χ0v) is 10.4. The van der Waals surface area contributed by atoms with E-state index in [1.54, 1.807) is 0 Å². The molecule has 0 aromatic heterocycles. The van der Waals surface area contributed by atoms with E-state index >= 15 is 0 Å². The summed E-state index contributed by atoms with van der Waals surface area (Å²) in [5.74, 6) is 0.572. The van der Waals surface area contributed by atoms with Crippen LogP contribution in [0.3, 0.4) is 0 Å². The Kier molecular flexibility index (Phi) is 4.01. The van der Waals surface area contributed by atoms with Crippen molar-refractivity contribution in [3.05, 3.63) is 0 Å². The second-order valence-corrected chi connectivity index (χ2v) is 4.69. The molecule has 88 valence electrons. The van der Waals surface area contributed by atoms with Gasteiger partial charge in [-0.3, -0.25) is 4.79 Å². The first-order chi connectivity index (χ1) is 6.65. The summed E-state index contributed by atoms with van der Waals surface area (Å²) in [7, 11) is 3.68. The van der Waals surface area contributed by atoms with Gasteiger partial charge in [0.25, 0.3) is 0 Å². The van der Waals surface area contributed by atoms with Crippen LogP contribution in [0.4, 0.5) is 0 Å². The molecule has 2 saturated heterocycles. The molecule has 0 amide bonds. The standard InChI is InChI=1S/C11H19NO2.ClH/c1-7-9(11(13)14-3)6-8-4-5-10(7)12(8)2;/h7-10H,4-6H2,1-3H3;1H/t7-,8+,9-,10+;/m0./s1. The largest absolute Gasteiger partial charge is 0.469 e. The molecular formula is C11H20ClNO2. The molecule has 0 radical (unpaired) electrons. The van der Waals surface area contributed by atoms with Crippen LogP contribution >= 0.6 is 12.4 Å². The van der Waals surface area contributed by atoms with E-state index in [-0.39, 0.29) is 24.3 Å². The Labute approximate surface area is 97.6 Å². The summed E-state index contributed by atoms with van der Waals surface area (Å²) in [4.78, 5) is 14.0. The van der Waals surface area contributed by atoms with Crippen LogP contribution in [0.1, 0.15) is 26.2 Å². The van der Waals surface area contributed by atoms with Gasteiger partial charge in [-0.1, -0.05) is 6.92 Å². The fourth-order valence-electron chi connectivity index (χ4n) is 3.20. The lowest BCUT2D eigenvalue weighted by molar-refractivity contribution is -0.150. The average molecular weight is 234 g/mol. The van der Waals surface area contributed by atoms with E-state index in [1.807, 2.05) is 0 Å². The zero-order chi connectivity index (χ0) is 10.3. The van der Waals surface area contributed by atoms with E-state index < -0.39 is 0 Å². The number of halogens is 1. The molecular weight excluding hydrogens is 214 g/mol. The van der Waals surface area contributed by atoms with E-state index in [0.717, 1.165) is 6.42 Å². The SMILES string of the molecule is COC(=O)[C@H]1C[C@H]2CC[C@H]([C@H]1C)N2C.Cl. The van der Waals surface area contributed by atoms with E-state index in [1.165, 1.54) is 20.0 Å². The summed E-state index contributed by atoms with van der Waals surface area (Å²) in [6.07, 6.45) is 3.48. The molecule has 0 aromatic rings. The Balaban J connectivity index is 0.00000112. The van der Waals surface area contributed by atoms with Crippen molar-refractivity contribution >= 4 is 18.4 Å². The summed E-state index contributed by atoms with van der Waals surface area (Å²) in [6.45, 7) is 2.18. The molecule has 0 N–H and O–H groups in total. The number of hydrogen-bond acceptors (Lipinski definition) is 3. The highest BCUT2D eigenvalue weighted by atomic mass is 35.5. The lowest BCUT2D eigenvalue weighted by Gasteiger charge is -2.40. The van der Waals surface area contributed by atoms with Crippen molar-refractivity contribution < 1.29 is 9.53 Å². The Morgan fingerprint density at radius 2 is 2.07 bits per heavy atom. The second kappa shape index (κ2) is 4.71. The molecule has 3 nitrogen and oxygen atoms in total. The number of nitrogens with zero attached hydrogens (tertiary/aromatic N) is 1. The van der Waals surface area contributed by atoms with Gasteiger partial charge < -0.3 is 9.64 Å². The van der Waals surface area contributed by atoms with E-state index in [9.17, 15) is 4.79 Å². The fourth-order valence-corrected chi connectivity index (χ4v) is 3.20. The Hall–Kier alpha value is -0.280. The molecule has 2 aliphatic rings. The van der Waals surface area contributed by atoms with Crippen LogP contribution in [0.25, 0.3) is 0 Å². The maximum Gasteiger partial charge on any atom is 0.309 e. The number of carbonyl (C=O) groups excluding carboxylic acids is 1. The molecule has 4 atom stereocenters. The first-order valence-electron chi connectivity index (χ1n) is 5.45. The number of methoxy groups -OCH3 is 1. The van der Waals surface area contributed by atoms with Crippen molar-refractivity contribution in [2.75, 3.05) is 14.2 Å². The van der Waals surface area contributed by atoms with Crippen LogP contribution in [-0.2, 0) is 9.53 Å². The van der Waals surface area contributed by atoms with Gasteiger partial charge in [0.05, 0.1) is 13.0 Å². The third kappa shape index (κ3) is 2.00. The van der Waals surface area contributed by atoms with E-state index in [4.69, 9.17) is 4.74 Å². The molecule has 0 saturated carbocycles. The average Bonchev–Trinajstić information content (AvgIpc) is 2.43. The van der Waals surface area contributed by atoms with Crippen molar-refractivity contribution in [3.63, 3.8) is 0 Å². The smallest absolute Gasteiger partial charge is 0.309 e. The van der Waals surface area contributed by atoms with Gasteiger partial charge in [-0.2, -0.15) is 0 Å². The number of hydrogen-bond donors (Lipinski definition) is 0. The van der Waals surface area contributed by atoms with Crippen molar-refractivity contribution in [1.82, 2.24) is 4.90 Å². The number of fused-ring (bicyclic) bond motifs is 2. The van der Waals surface area contributed by atoms with Crippen LogP contribution in [0, 0.1) is 11.8 Å². The van der Waals surface area contributed by atoms with Crippen LogP contribution in [0.5, 0.6) is 0 Å². The van der Waals surface area contributed by atoms with Crippen LogP contribution in [0.15, 0.2) is 0 Å². The third-order valence-corrected chi connectivity index (χ3v) is 4.17. The minimum Gasteiger partial charge on any atom is -0.469 e. The number of ether oxygens (including phenoxy) is 1. The van der Waals surface area contributed by atoms with E-state index in [2.05, 4.69) is 18.9 Å². The maximum atomic E-state index is 11.6. The van der Waals surface area contributed by atoms with Gasteiger partial charge in [-0.05, 0) is 32.2 Å². The number of rotatable bonds is 1. The Bertz CT molecular complexity index is 247. The predicted octanol–water partition coefficient (Wildman–Crippen LogP) is 1.70. The topological polar surface area (TPSA) is 29.5 Å². The molecule has 2 aliphatic heterocycles. The number of esters is 1. The molecule has 15 heavy (non-hydrogen) atoms. The highest BCUT2D eigenvalue weighted by Gasteiger charge is 2.46. The molecule has 0 aliphatic carbocycles. The quantitative estimate of drug-likeness (QED) is 0.646. The summed E-state index contributed by atoms with van der Waals surface area (Å²) in [5.41, 5.74) is 0. The maximum absolute atomic E-state index is 11.6. The van der Waals surface area contributed by atoms with Crippen molar-refractivity contribution in [3.8, 4) is 0 Å². The molecule has 2 fully saturated rings. The van der Waals surface area contributed by atoms with Gasteiger partial charge in [-0.15, -0.1) is 12.4 Å². The summed E-state index contributed by atoms with van der Waals surface area (Å²) < 4.78 is 4.86. The Morgan fingerprint density at radius 3 is 2.67 bits per heavy atom. The molecule has 0 unspecified atom stereocenters. The van der Waals surface area contributed by atoms with Crippen LogP contribution < -0.4 is 0 Å². The summed E-state index contributed by atoms with van der Waals surface area (Å²) in [6, 6.07) is 1.21. The van der Waals surface area contributed by atoms with Gasteiger partial charge in [-0.25, -0.2) is 0 Å². The highest BCUT2D eigenvalue weighted by molar-refractivity contribution is 5.85. The van der Waals surface area contributed by atoms with E-state index in [0.29, 0.717) is 18.0 Å². The summed E-state index contributed by atoms with van der Waals surface area (Å²) in [5, 5.41) is 0. The lowest BCUT2D eigenvalue weighted by Crippen LogP contribution is -2.47. The first kappa shape index (κ1) is 12.8. The van der Waals surface area contributed by atoms with Gasteiger partial charge in [0.2, 0.25) is 0 Å². The van der Waals surface area contributed by atoms with Gasteiger partial charge in [0, 0.05) is 12.1 Å². The molecule has 2 rings (SSSR count). The highest BCUT2D eigenvalue weighted by Crippen LogP contribution is 2.41. The lowest BCUT2D eigenvalue weighted by atomic mass is 9.81. The fraction of sp³-hybridized carbons (Fsp3) is 0.909. The van der Waals surface area contributed by atoms with Crippen molar-refractivity contribution in [2.45, 2.75) is 38.3 Å². The predicted molar refractivity (Wildman–Crippen MR) is 61.1 cm³/mol. The zero-order valence-electron chi connectivity index (χ0n) is 9.60. The molecule has 0 spiro atoms. The van der Waals surface area contributed by atoms with Gasteiger partial charge in [0.1, 0.15) is 0 Å². The summed E-state index contributed by atoms with van der Waals surface area (Å²) >= 11 is 0. The minimum absolute atomic E-state index is 0. The molecule has 2 bridgehead atoms. The normalized spacial score (nSPS) is 39.7. The number of piperidine rings is 1. The molecule has 2 heterocycles. The minimum atomic E-state index is -0.0116. The van der Waals surface area contributed by atoms with Crippen molar-refractivity contribution in [1.29, 1.82) is 0 Å².